The van der Waals surface area contributed by atoms with Crippen LogP contribution in [0.3, 0.4) is 0 Å². The lowest BCUT2D eigenvalue weighted by Crippen LogP contribution is -2.07. The number of carbonyl (C=O) groups is 1. The highest BCUT2D eigenvalue weighted by Crippen LogP contribution is 2.28. The molecule has 0 spiro atoms. The number of anilines is 3. The molecule has 0 unspecified atom stereocenters. The lowest BCUT2D eigenvalue weighted by Gasteiger charge is -2.09. The number of ether oxygens (including phenoxy) is 2. The normalized spacial score (nSPS) is 10.7. The van der Waals surface area contributed by atoms with Crippen molar-refractivity contribution in [2.45, 2.75) is 20.8 Å². The lowest BCUT2D eigenvalue weighted by molar-refractivity contribution is -0.111. The summed E-state index contributed by atoms with van der Waals surface area (Å²) in [5.41, 5.74) is 4.15. The Morgan fingerprint density at radius 1 is 0.968 bits per heavy atom. The molecule has 160 valence electrons. The van der Waals surface area contributed by atoms with Gasteiger partial charge >= 0.3 is 0 Å². The number of amides is 1. The average Bonchev–Trinajstić information content (AvgIpc) is 2.74. The summed E-state index contributed by atoms with van der Waals surface area (Å²) >= 11 is 0. The standard InChI is InChI=1S/C24H26N4O3/c1-5-31-21-12-6-18(15-22(21)30-4)7-13-23(29)27-19-8-10-20(11-9-19)28-24-25-16(2)14-17(3)26-24/h6-15H,5H2,1-4H3,(H,27,29)(H,25,26,28)/b13-7+. The molecule has 0 fully saturated rings. The van der Waals surface area contributed by atoms with E-state index in [0.29, 0.717) is 29.7 Å². The van der Waals surface area contributed by atoms with E-state index in [2.05, 4.69) is 20.6 Å². The van der Waals surface area contributed by atoms with Gasteiger partial charge in [0.2, 0.25) is 11.9 Å². The average molecular weight is 418 g/mol. The first-order valence-corrected chi connectivity index (χ1v) is 9.96. The van der Waals surface area contributed by atoms with Gasteiger partial charge in [-0.2, -0.15) is 0 Å². The number of carbonyl (C=O) groups excluding carboxylic acids is 1. The van der Waals surface area contributed by atoms with Crippen LogP contribution in [-0.4, -0.2) is 29.6 Å². The number of rotatable bonds is 8. The highest BCUT2D eigenvalue weighted by molar-refractivity contribution is 6.02. The zero-order valence-electron chi connectivity index (χ0n) is 18.1. The number of hydrogen-bond acceptors (Lipinski definition) is 6. The van der Waals surface area contributed by atoms with Crippen LogP contribution >= 0.6 is 0 Å². The Bertz CT molecular complexity index is 1060. The number of methoxy groups -OCH3 is 1. The highest BCUT2D eigenvalue weighted by atomic mass is 16.5. The molecule has 1 amide bonds. The smallest absolute Gasteiger partial charge is 0.248 e. The molecular formula is C24H26N4O3. The molecule has 31 heavy (non-hydrogen) atoms. The molecule has 0 atom stereocenters. The third-order valence-electron chi connectivity index (χ3n) is 4.31. The Kier molecular flexibility index (Phi) is 7.22. The third-order valence-corrected chi connectivity index (χ3v) is 4.31. The summed E-state index contributed by atoms with van der Waals surface area (Å²) < 4.78 is 10.8. The Morgan fingerprint density at radius 2 is 1.65 bits per heavy atom. The minimum absolute atomic E-state index is 0.230. The molecule has 3 rings (SSSR count). The summed E-state index contributed by atoms with van der Waals surface area (Å²) in [5.74, 6) is 1.61. The molecule has 1 heterocycles. The van der Waals surface area contributed by atoms with E-state index in [9.17, 15) is 4.79 Å². The van der Waals surface area contributed by atoms with Gasteiger partial charge in [-0.1, -0.05) is 6.07 Å². The Hall–Kier alpha value is -3.87. The highest BCUT2D eigenvalue weighted by Gasteiger charge is 2.05. The van der Waals surface area contributed by atoms with E-state index >= 15 is 0 Å². The number of aryl methyl sites for hydroxylation is 2. The predicted molar refractivity (Wildman–Crippen MR) is 123 cm³/mol. The minimum atomic E-state index is -0.230. The summed E-state index contributed by atoms with van der Waals surface area (Å²) in [6.07, 6.45) is 3.20. The molecule has 2 aromatic carbocycles. The van der Waals surface area contributed by atoms with Gasteiger partial charge in [0.1, 0.15) is 0 Å². The molecule has 0 aliphatic rings. The topological polar surface area (TPSA) is 85.4 Å². The zero-order valence-corrected chi connectivity index (χ0v) is 18.1. The van der Waals surface area contributed by atoms with Gasteiger partial charge < -0.3 is 20.1 Å². The third kappa shape index (κ3) is 6.30. The van der Waals surface area contributed by atoms with Gasteiger partial charge in [-0.15, -0.1) is 0 Å². The molecule has 2 N–H and O–H groups in total. The molecular weight excluding hydrogens is 392 g/mol. The number of hydrogen-bond donors (Lipinski definition) is 2. The lowest BCUT2D eigenvalue weighted by atomic mass is 10.2. The zero-order chi connectivity index (χ0) is 22.2. The minimum Gasteiger partial charge on any atom is -0.493 e. The van der Waals surface area contributed by atoms with Crippen molar-refractivity contribution in [3.05, 3.63) is 71.6 Å². The Balaban J connectivity index is 1.60. The number of aromatic nitrogens is 2. The van der Waals surface area contributed by atoms with Crippen molar-refractivity contribution < 1.29 is 14.3 Å². The van der Waals surface area contributed by atoms with Crippen molar-refractivity contribution in [1.29, 1.82) is 0 Å². The fourth-order valence-electron chi connectivity index (χ4n) is 2.97. The fourth-order valence-corrected chi connectivity index (χ4v) is 2.97. The molecule has 0 aliphatic heterocycles. The largest absolute Gasteiger partial charge is 0.493 e. The fraction of sp³-hybridized carbons (Fsp3) is 0.208. The second-order valence-corrected chi connectivity index (χ2v) is 6.84. The monoisotopic (exact) mass is 418 g/mol. The van der Waals surface area contributed by atoms with Crippen LogP contribution in [0.15, 0.2) is 54.6 Å². The number of nitrogens with one attached hydrogen (secondary N) is 2. The van der Waals surface area contributed by atoms with E-state index in [4.69, 9.17) is 9.47 Å². The molecule has 3 aromatic rings. The summed E-state index contributed by atoms with van der Waals surface area (Å²) in [7, 11) is 1.59. The van der Waals surface area contributed by atoms with Crippen LogP contribution in [0, 0.1) is 13.8 Å². The van der Waals surface area contributed by atoms with Gasteiger partial charge in [0.15, 0.2) is 11.5 Å². The van der Waals surface area contributed by atoms with Crippen LogP contribution in [-0.2, 0) is 4.79 Å². The first-order valence-electron chi connectivity index (χ1n) is 9.96. The quantitative estimate of drug-likeness (QED) is 0.506. The summed E-state index contributed by atoms with van der Waals surface area (Å²) in [4.78, 5) is 21.0. The van der Waals surface area contributed by atoms with Gasteiger partial charge in [0, 0.05) is 28.8 Å². The van der Waals surface area contributed by atoms with Gasteiger partial charge in [-0.3, -0.25) is 4.79 Å². The number of benzene rings is 2. The van der Waals surface area contributed by atoms with E-state index in [1.165, 1.54) is 6.08 Å². The molecule has 0 saturated carbocycles. The molecule has 7 nitrogen and oxygen atoms in total. The maximum Gasteiger partial charge on any atom is 0.248 e. The molecule has 0 bridgehead atoms. The van der Waals surface area contributed by atoms with Crippen molar-refractivity contribution in [2.75, 3.05) is 24.4 Å². The van der Waals surface area contributed by atoms with E-state index in [-0.39, 0.29) is 5.91 Å². The van der Waals surface area contributed by atoms with E-state index < -0.39 is 0 Å². The summed E-state index contributed by atoms with van der Waals surface area (Å²) in [6.45, 7) is 6.32. The molecule has 0 aliphatic carbocycles. The maximum absolute atomic E-state index is 12.3. The number of nitrogens with zero attached hydrogens (tertiary/aromatic N) is 2. The molecule has 0 saturated heterocycles. The van der Waals surface area contributed by atoms with Gasteiger partial charge in [-0.25, -0.2) is 9.97 Å². The van der Waals surface area contributed by atoms with Crippen molar-refractivity contribution in [3.63, 3.8) is 0 Å². The van der Waals surface area contributed by atoms with Gasteiger partial charge in [0.25, 0.3) is 0 Å². The molecule has 0 radical (unpaired) electrons. The van der Waals surface area contributed by atoms with Crippen molar-refractivity contribution in [2.24, 2.45) is 0 Å². The second kappa shape index (κ2) is 10.2. The molecule has 7 heteroatoms. The van der Waals surface area contributed by atoms with Crippen molar-refractivity contribution >= 4 is 29.3 Å². The van der Waals surface area contributed by atoms with E-state index in [1.807, 2.05) is 69.3 Å². The van der Waals surface area contributed by atoms with Crippen LogP contribution in [0.1, 0.15) is 23.9 Å². The maximum atomic E-state index is 12.3. The Morgan fingerprint density at radius 3 is 2.29 bits per heavy atom. The van der Waals surface area contributed by atoms with Gasteiger partial charge in [0.05, 0.1) is 13.7 Å². The van der Waals surface area contributed by atoms with Crippen LogP contribution in [0.25, 0.3) is 6.08 Å². The first kappa shape index (κ1) is 21.8. The van der Waals surface area contributed by atoms with Gasteiger partial charge in [-0.05, 0) is 74.9 Å². The van der Waals surface area contributed by atoms with Crippen LogP contribution in [0.4, 0.5) is 17.3 Å². The van der Waals surface area contributed by atoms with Crippen LogP contribution in [0.5, 0.6) is 11.5 Å². The van der Waals surface area contributed by atoms with E-state index in [1.54, 1.807) is 13.2 Å². The van der Waals surface area contributed by atoms with Crippen LogP contribution in [0.2, 0.25) is 0 Å². The SMILES string of the molecule is CCOc1ccc(/C=C/C(=O)Nc2ccc(Nc3nc(C)cc(C)n3)cc2)cc1OC. The van der Waals surface area contributed by atoms with E-state index in [0.717, 1.165) is 22.6 Å². The van der Waals surface area contributed by atoms with Crippen molar-refractivity contribution in [3.8, 4) is 11.5 Å². The van der Waals surface area contributed by atoms with Crippen molar-refractivity contribution in [1.82, 2.24) is 9.97 Å². The summed E-state index contributed by atoms with van der Waals surface area (Å²) in [5, 5.41) is 6.01. The van der Waals surface area contributed by atoms with Crippen LogP contribution < -0.4 is 20.1 Å². The summed E-state index contributed by atoms with van der Waals surface area (Å²) in [6, 6.07) is 14.8. The molecule has 1 aromatic heterocycles. The first-order chi connectivity index (χ1) is 15.0. The predicted octanol–water partition coefficient (Wildman–Crippen LogP) is 4.90. The second-order valence-electron chi connectivity index (χ2n) is 6.84. The Labute approximate surface area is 182 Å².